The van der Waals surface area contributed by atoms with Crippen LogP contribution in [0.2, 0.25) is 0 Å². The maximum atomic E-state index is 9.04. The van der Waals surface area contributed by atoms with Crippen molar-refractivity contribution in [3.8, 4) is 17.2 Å². The molecule has 0 radical (unpaired) electrons. The molecule has 66 valence electrons. The molecule has 1 rings (SSSR count). The topological polar surface area (TPSA) is 69.9 Å². The van der Waals surface area contributed by atoms with Crippen LogP contribution in [0.25, 0.3) is 0 Å². The Kier molecular flexibility index (Phi) is 2.40. The van der Waals surface area contributed by atoms with E-state index in [1.807, 2.05) is 0 Å². The SMILES string of the molecule is Cc1cc(O)c(O)cc1OCO. The van der Waals surface area contributed by atoms with Crippen molar-refractivity contribution in [2.45, 2.75) is 6.92 Å². The lowest BCUT2D eigenvalue weighted by Crippen LogP contribution is -1.96. The van der Waals surface area contributed by atoms with Gasteiger partial charge in [-0.05, 0) is 18.6 Å². The van der Waals surface area contributed by atoms with Crippen molar-refractivity contribution < 1.29 is 20.1 Å². The Balaban J connectivity index is 3.05. The molecule has 0 heterocycles. The first kappa shape index (κ1) is 8.67. The zero-order valence-electron chi connectivity index (χ0n) is 6.61. The second kappa shape index (κ2) is 3.32. The molecule has 12 heavy (non-hydrogen) atoms. The van der Waals surface area contributed by atoms with Crippen LogP contribution in [0.5, 0.6) is 17.2 Å². The number of aryl methyl sites for hydroxylation is 1. The highest BCUT2D eigenvalue weighted by Crippen LogP contribution is 2.32. The van der Waals surface area contributed by atoms with Gasteiger partial charge in [-0.15, -0.1) is 0 Å². The van der Waals surface area contributed by atoms with Gasteiger partial charge in [0.25, 0.3) is 0 Å². The minimum atomic E-state index is -0.453. The number of aliphatic hydroxyl groups excluding tert-OH is 1. The van der Waals surface area contributed by atoms with Gasteiger partial charge in [0, 0.05) is 6.07 Å². The summed E-state index contributed by atoms with van der Waals surface area (Å²) in [6, 6.07) is 2.61. The van der Waals surface area contributed by atoms with Gasteiger partial charge in [0.15, 0.2) is 18.3 Å². The quantitative estimate of drug-likeness (QED) is 0.452. The number of ether oxygens (including phenoxy) is 1. The van der Waals surface area contributed by atoms with Gasteiger partial charge in [0.1, 0.15) is 5.75 Å². The highest BCUT2D eigenvalue weighted by molar-refractivity contribution is 5.48. The molecule has 0 aliphatic carbocycles. The van der Waals surface area contributed by atoms with Crippen LogP contribution < -0.4 is 4.74 Å². The number of hydrogen-bond donors (Lipinski definition) is 3. The molecule has 0 aliphatic rings. The summed E-state index contributed by atoms with van der Waals surface area (Å²) in [4.78, 5) is 0. The molecule has 0 aliphatic heterocycles. The molecule has 0 spiro atoms. The predicted molar refractivity (Wildman–Crippen MR) is 42.2 cm³/mol. The van der Waals surface area contributed by atoms with Gasteiger partial charge in [-0.2, -0.15) is 0 Å². The first-order valence-corrected chi connectivity index (χ1v) is 3.41. The van der Waals surface area contributed by atoms with Crippen molar-refractivity contribution in [2.75, 3.05) is 6.79 Å². The van der Waals surface area contributed by atoms with E-state index in [2.05, 4.69) is 0 Å². The molecule has 0 unspecified atom stereocenters. The highest BCUT2D eigenvalue weighted by atomic mass is 16.6. The zero-order valence-corrected chi connectivity index (χ0v) is 6.61. The fraction of sp³-hybridized carbons (Fsp3) is 0.250. The Morgan fingerprint density at radius 2 is 1.83 bits per heavy atom. The van der Waals surface area contributed by atoms with Gasteiger partial charge in [0.05, 0.1) is 0 Å². The summed E-state index contributed by atoms with van der Waals surface area (Å²) in [6.07, 6.45) is 0. The third kappa shape index (κ3) is 1.60. The normalized spacial score (nSPS) is 9.83. The smallest absolute Gasteiger partial charge is 0.186 e. The van der Waals surface area contributed by atoms with E-state index in [4.69, 9.17) is 20.1 Å². The second-order valence-corrected chi connectivity index (χ2v) is 2.38. The van der Waals surface area contributed by atoms with E-state index in [-0.39, 0.29) is 11.5 Å². The summed E-state index contributed by atoms with van der Waals surface area (Å²) in [5, 5.41) is 26.5. The maximum absolute atomic E-state index is 9.04. The molecule has 0 bridgehead atoms. The average Bonchev–Trinajstić information content (AvgIpc) is 2.01. The van der Waals surface area contributed by atoms with Crippen LogP contribution >= 0.6 is 0 Å². The molecule has 1 aromatic rings. The van der Waals surface area contributed by atoms with Gasteiger partial charge in [-0.1, -0.05) is 0 Å². The largest absolute Gasteiger partial charge is 0.504 e. The van der Waals surface area contributed by atoms with Gasteiger partial charge < -0.3 is 20.1 Å². The molecule has 4 nitrogen and oxygen atoms in total. The van der Waals surface area contributed by atoms with E-state index in [0.29, 0.717) is 11.3 Å². The number of phenols is 2. The molecule has 0 saturated heterocycles. The van der Waals surface area contributed by atoms with E-state index in [9.17, 15) is 0 Å². The standard InChI is InChI=1S/C8H10O4/c1-5-2-6(10)7(11)3-8(5)12-4-9/h2-3,9-11H,4H2,1H3. The third-order valence-electron chi connectivity index (χ3n) is 1.49. The third-order valence-corrected chi connectivity index (χ3v) is 1.49. The monoisotopic (exact) mass is 170 g/mol. The number of benzene rings is 1. The highest BCUT2D eigenvalue weighted by Gasteiger charge is 2.05. The van der Waals surface area contributed by atoms with Crippen LogP contribution in [0.1, 0.15) is 5.56 Å². The van der Waals surface area contributed by atoms with Crippen LogP contribution in [0.4, 0.5) is 0 Å². The lowest BCUT2D eigenvalue weighted by Gasteiger charge is -2.07. The van der Waals surface area contributed by atoms with Crippen LogP contribution in [-0.4, -0.2) is 22.1 Å². The molecule has 0 fully saturated rings. The minimum Gasteiger partial charge on any atom is -0.504 e. The van der Waals surface area contributed by atoms with E-state index in [1.54, 1.807) is 6.92 Å². The summed E-state index contributed by atoms with van der Waals surface area (Å²) in [5.41, 5.74) is 0.652. The van der Waals surface area contributed by atoms with Crippen molar-refractivity contribution in [1.82, 2.24) is 0 Å². The minimum absolute atomic E-state index is 0.196. The molecule has 3 N–H and O–H groups in total. The lowest BCUT2D eigenvalue weighted by atomic mass is 10.2. The first-order chi connectivity index (χ1) is 5.65. The van der Waals surface area contributed by atoms with Gasteiger partial charge in [-0.25, -0.2) is 0 Å². The Hall–Kier alpha value is -1.42. The van der Waals surface area contributed by atoms with Crippen molar-refractivity contribution >= 4 is 0 Å². The van der Waals surface area contributed by atoms with E-state index >= 15 is 0 Å². The summed E-state index contributed by atoms with van der Waals surface area (Å²) in [6.45, 7) is 1.25. The van der Waals surface area contributed by atoms with E-state index in [0.717, 1.165) is 0 Å². The Morgan fingerprint density at radius 1 is 1.25 bits per heavy atom. The van der Waals surface area contributed by atoms with Crippen molar-refractivity contribution in [3.05, 3.63) is 17.7 Å². The second-order valence-electron chi connectivity index (χ2n) is 2.38. The number of phenolic OH excluding ortho intramolecular Hbond substituents is 2. The molecule has 0 atom stereocenters. The number of rotatable bonds is 2. The average molecular weight is 170 g/mol. The zero-order chi connectivity index (χ0) is 9.14. The lowest BCUT2D eigenvalue weighted by molar-refractivity contribution is 0.0975. The molecule has 0 saturated carbocycles. The van der Waals surface area contributed by atoms with Crippen molar-refractivity contribution in [3.63, 3.8) is 0 Å². The summed E-state index contributed by atoms with van der Waals surface area (Å²) < 4.78 is 4.76. The summed E-state index contributed by atoms with van der Waals surface area (Å²) in [5.74, 6) is -0.102. The summed E-state index contributed by atoms with van der Waals surface area (Å²) in [7, 11) is 0. The molecular weight excluding hydrogens is 160 g/mol. The predicted octanol–water partition coefficient (Wildman–Crippen LogP) is 0.735. The summed E-state index contributed by atoms with van der Waals surface area (Å²) >= 11 is 0. The van der Waals surface area contributed by atoms with Gasteiger partial charge in [-0.3, -0.25) is 0 Å². The maximum Gasteiger partial charge on any atom is 0.186 e. The van der Waals surface area contributed by atoms with Gasteiger partial charge >= 0.3 is 0 Å². The fourth-order valence-corrected chi connectivity index (χ4v) is 0.887. The van der Waals surface area contributed by atoms with Crippen LogP contribution in [0.15, 0.2) is 12.1 Å². The van der Waals surface area contributed by atoms with Crippen molar-refractivity contribution in [2.24, 2.45) is 0 Å². The molecule has 0 amide bonds. The molecule has 0 aromatic heterocycles. The van der Waals surface area contributed by atoms with E-state index in [1.165, 1.54) is 12.1 Å². The Labute approximate surface area is 69.7 Å². The van der Waals surface area contributed by atoms with E-state index < -0.39 is 6.79 Å². The number of hydrogen-bond acceptors (Lipinski definition) is 4. The Morgan fingerprint density at radius 3 is 2.42 bits per heavy atom. The van der Waals surface area contributed by atoms with Crippen LogP contribution in [-0.2, 0) is 0 Å². The van der Waals surface area contributed by atoms with Gasteiger partial charge in [0.2, 0.25) is 0 Å². The number of aromatic hydroxyl groups is 2. The fourth-order valence-electron chi connectivity index (χ4n) is 0.887. The number of aliphatic hydroxyl groups is 1. The molecular formula is C8H10O4. The van der Waals surface area contributed by atoms with Crippen LogP contribution in [0, 0.1) is 6.92 Å². The molecule has 4 heteroatoms. The van der Waals surface area contributed by atoms with Crippen molar-refractivity contribution in [1.29, 1.82) is 0 Å². The molecule has 1 aromatic carbocycles. The Bertz CT molecular complexity index is 283. The first-order valence-electron chi connectivity index (χ1n) is 3.41. The van der Waals surface area contributed by atoms with Crippen LogP contribution in [0.3, 0.4) is 0 Å².